The molecule has 5 aromatic carbocycles. The van der Waals surface area contributed by atoms with Gasteiger partial charge in [-0.3, -0.25) is 14.4 Å². The molecule has 1 aromatic heterocycles. The van der Waals surface area contributed by atoms with Crippen molar-refractivity contribution < 1.29 is 28.3 Å². The molecular weight excluding hydrogens is 769 g/mol. The molecule has 282 valence electrons. The fraction of sp³-hybridized carbons (Fsp3) is 0.0909. The van der Waals surface area contributed by atoms with E-state index < -0.39 is 28.9 Å². The molecule has 0 aliphatic heterocycles. The van der Waals surface area contributed by atoms with Crippen molar-refractivity contribution in [1.82, 2.24) is 5.32 Å². The average molecular weight is 804 g/mol. The lowest BCUT2D eigenvalue weighted by Crippen LogP contribution is -2.30. The third kappa shape index (κ3) is 9.80. The minimum atomic E-state index is -0.786. The zero-order valence-electron chi connectivity index (χ0n) is 30.2. The van der Waals surface area contributed by atoms with Crippen LogP contribution < -0.4 is 16.0 Å². The maximum absolute atomic E-state index is 14.8. The predicted molar refractivity (Wildman–Crippen MR) is 222 cm³/mol. The Hall–Kier alpha value is -6.01. The van der Waals surface area contributed by atoms with Crippen LogP contribution >= 0.6 is 34.7 Å². The predicted octanol–water partition coefficient (Wildman–Crippen LogP) is 10.6. The van der Waals surface area contributed by atoms with E-state index in [0.717, 1.165) is 11.1 Å². The van der Waals surface area contributed by atoms with E-state index >= 15 is 0 Å². The number of thiophene rings is 1. The van der Waals surface area contributed by atoms with E-state index in [9.17, 15) is 23.6 Å². The maximum Gasteiger partial charge on any atom is 0.341 e. The fourth-order valence-corrected chi connectivity index (χ4v) is 7.86. The molecule has 0 radical (unpaired) electrons. The van der Waals surface area contributed by atoms with Gasteiger partial charge in [0.05, 0.1) is 11.6 Å². The van der Waals surface area contributed by atoms with Crippen molar-refractivity contribution >= 4 is 75.2 Å². The molecule has 6 rings (SSSR count). The van der Waals surface area contributed by atoms with Gasteiger partial charge in [0.2, 0.25) is 5.91 Å². The molecule has 0 bridgehead atoms. The first-order valence-electron chi connectivity index (χ1n) is 17.4. The number of ether oxygens (including phenoxy) is 1. The summed E-state index contributed by atoms with van der Waals surface area (Å²) >= 11 is 8.75. The molecule has 1 unspecified atom stereocenters. The zero-order chi connectivity index (χ0) is 39.6. The van der Waals surface area contributed by atoms with Crippen molar-refractivity contribution in [2.24, 2.45) is 0 Å². The first-order valence-corrected chi connectivity index (χ1v) is 19.6. The van der Waals surface area contributed by atoms with Gasteiger partial charge < -0.3 is 20.7 Å². The van der Waals surface area contributed by atoms with Gasteiger partial charge in [0, 0.05) is 32.7 Å². The Bertz CT molecular complexity index is 2380. The topological polar surface area (TPSA) is 114 Å². The number of carbonyl (C=O) groups excluding carboxylic acids is 4. The molecule has 12 heteroatoms. The second-order valence-electron chi connectivity index (χ2n) is 12.3. The summed E-state index contributed by atoms with van der Waals surface area (Å²) < 4.78 is 20.2. The Morgan fingerprint density at radius 2 is 1.55 bits per heavy atom. The van der Waals surface area contributed by atoms with Crippen molar-refractivity contribution in [2.75, 3.05) is 17.2 Å². The summed E-state index contributed by atoms with van der Waals surface area (Å²) in [6, 6.07) is 36.2. The van der Waals surface area contributed by atoms with E-state index in [1.165, 1.54) is 47.4 Å². The lowest BCUT2D eigenvalue weighted by molar-refractivity contribution is -0.116. The number of nitrogens with one attached hydrogen (secondary N) is 3. The largest absolute Gasteiger partial charge is 0.462 e. The molecule has 0 fully saturated rings. The number of carbonyl (C=O) groups is 4. The summed E-state index contributed by atoms with van der Waals surface area (Å²) in [4.78, 5) is 55.0. The Labute approximate surface area is 336 Å². The molecule has 0 spiro atoms. The van der Waals surface area contributed by atoms with Crippen molar-refractivity contribution in [1.29, 1.82) is 0 Å². The van der Waals surface area contributed by atoms with Crippen LogP contribution in [-0.4, -0.2) is 30.3 Å². The normalized spacial score (nSPS) is 11.7. The summed E-state index contributed by atoms with van der Waals surface area (Å²) in [5.74, 6) is -2.92. The lowest BCUT2D eigenvalue weighted by atomic mass is 10.0. The average Bonchev–Trinajstić information content (AvgIpc) is 3.62. The van der Waals surface area contributed by atoms with Gasteiger partial charge in [-0.15, -0.1) is 23.1 Å². The van der Waals surface area contributed by atoms with Gasteiger partial charge in [-0.05, 0) is 73.5 Å². The number of anilines is 2. The third-order valence-electron chi connectivity index (χ3n) is 8.37. The molecule has 8 nitrogen and oxygen atoms in total. The second-order valence-corrected chi connectivity index (χ2v) is 14.8. The highest BCUT2D eigenvalue weighted by atomic mass is 35.5. The van der Waals surface area contributed by atoms with Crippen LogP contribution in [0.4, 0.5) is 15.1 Å². The Balaban J connectivity index is 1.27. The molecule has 1 heterocycles. The van der Waals surface area contributed by atoms with Crippen molar-refractivity contribution in [3.63, 3.8) is 0 Å². The lowest BCUT2D eigenvalue weighted by Gasteiger charge is -2.18. The summed E-state index contributed by atoms with van der Waals surface area (Å²) in [6.07, 6.45) is 1.18. The zero-order valence-corrected chi connectivity index (χ0v) is 32.6. The number of thioether (sulfide) groups is 1. The first kappa shape index (κ1) is 39.7. The monoisotopic (exact) mass is 803 g/mol. The van der Waals surface area contributed by atoms with Crippen LogP contribution in [0.25, 0.3) is 17.2 Å². The van der Waals surface area contributed by atoms with E-state index in [-0.39, 0.29) is 39.9 Å². The Kier molecular flexibility index (Phi) is 13.1. The molecule has 0 saturated carbocycles. The van der Waals surface area contributed by atoms with Gasteiger partial charge in [0.25, 0.3) is 11.8 Å². The van der Waals surface area contributed by atoms with Crippen molar-refractivity contribution in [3.8, 4) is 11.1 Å². The van der Waals surface area contributed by atoms with Crippen molar-refractivity contribution in [3.05, 3.63) is 177 Å². The van der Waals surface area contributed by atoms with Crippen LogP contribution in [0, 0.1) is 12.7 Å². The van der Waals surface area contributed by atoms with E-state index in [0.29, 0.717) is 26.7 Å². The number of halogens is 2. The molecule has 56 heavy (non-hydrogen) atoms. The molecule has 6 aromatic rings. The molecule has 0 saturated heterocycles. The number of benzene rings is 5. The van der Waals surface area contributed by atoms with Gasteiger partial charge in [-0.2, -0.15) is 0 Å². The van der Waals surface area contributed by atoms with Gasteiger partial charge in [0.15, 0.2) is 0 Å². The van der Waals surface area contributed by atoms with E-state index in [2.05, 4.69) is 16.0 Å². The summed E-state index contributed by atoms with van der Waals surface area (Å²) in [5, 5.41) is 9.82. The number of amides is 3. The number of rotatable bonds is 13. The number of aryl methyl sites for hydroxylation is 1. The van der Waals surface area contributed by atoms with Gasteiger partial charge in [-0.1, -0.05) is 102 Å². The van der Waals surface area contributed by atoms with Gasteiger partial charge in [0.1, 0.15) is 27.3 Å². The molecule has 1 atom stereocenters. The minimum Gasteiger partial charge on any atom is -0.462 e. The SMILES string of the molecule is CCOC(=O)c1c(-c2ccc(C)cc2)csc1NC(=O)C(Sc1cccc(NC(=O)/C(=C\c2c(F)cccc2Cl)NC(=O)c2ccccc2)c1)c1ccccc1. The molecule has 3 amide bonds. The molecule has 0 aliphatic carbocycles. The third-order valence-corrected chi connectivity index (χ3v) is 10.8. The Morgan fingerprint density at radius 3 is 2.25 bits per heavy atom. The van der Waals surface area contributed by atoms with Gasteiger partial charge >= 0.3 is 5.97 Å². The molecular formula is C44H35ClFN3O5S2. The van der Waals surface area contributed by atoms with Gasteiger partial charge in [-0.25, -0.2) is 9.18 Å². The second kappa shape index (κ2) is 18.5. The summed E-state index contributed by atoms with van der Waals surface area (Å²) in [5.41, 5.74) is 3.83. The number of esters is 1. The molecule has 3 N–H and O–H groups in total. The maximum atomic E-state index is 14.8. The fourth-order valence-electron chi connectivity index (χ4n) is 5.60. The van der Waals surface area contributed by atoms with Crippen LogP contribution in [0.15, 0.2) is 143 Å². The highest BCUT2D eigenvalue weighted by molar-refractivity contribution is 8.00. The number of hydrogen-bond acceptors (Lipinski definition) is 7. The quantitative estimate of drug-likeness (QED) is 0.0609. The van der Waals surface area contributed by atoms with E-state index in [4.69, 9.17) is 16.3 Å². The highest BCUT2D eigenvalue weighted by Crippen LogP contribution is 2.40. The summed E-state index contributed by atoms with van der Waals surface area (Å²) in [6.45, 7) is 3.87. The summed E-state index contributed by atoms with van der Waals surface area (Å²) in [7, 11) is 0. The standard InChI is InChI=1S/C44H35ClFN3O5S2/c1-3-54-44(53)38-34(28-22-20-27(2)21-23-28)26-55-43(38)49-42(52)39(29-12-6-4-7-13-29)56-32-17-10-16-31(24-32)47-41(51)37(25-33-35(45)18-11-19-36(33)46)48-40(50)30-14-8-5-9-15-30/h4-26,39H,3H2,1-2H3,(H,47,51)(H,48,50)(H,49,52)/b37-25+. The van der Waals surface area contributed by atoms with Crippen LogP contribution in [0.2, 0.25) is 5.02 Å². The van der Waals surface area contributed by atoms with Crippen LogP contribution in [-0.2, 0) is 14.3 Å². The van der Waals surface area contributed by atoms with Crippen molar-refractivity contribution in [2.45, 2.75) is 24.0 Å². The van der Waals surface area contributed by atoms with Crippen LogP contribution in [0.3, 0.4) is 0 Å². The van der Waals surface area contributed by atoms with Crippen LogP contribution in [0.5, 0.6) is 0 Å². The Morgan fingerprint density at radius 1 is 0.857 bits per heavy atom. The molecule has 0 aliphatic rings. The first-order chi connectivity index (χ1) is 27.1. The van der Waals surface area contributed by atoms with Crippen LogP contribution in [0.1, 0.15) is 49.6 Å². The highest BCUT2D eigenvalue weighted by Gasteiger charge is 2.28. The smallest absolute Gasteiger partial charge is 0.341 e. The van der Waals surface area contributed by atoms with E-state index in [1.807, 2.05) is 66.9 Å². The minimum absolute atomic E-state index is 0.0520. The number of hydrogen-bond donors (Lipinski definition) is 3. The van der Waals surface area contributed by atoms with E-state index in [1.54, 1.807) is 61.5 Å².